The zero-order valence-electron chi connectivity index (χ0n) is 38.8. The first-order valence-corrected chi connectivity index (χ1v) is 30.1. The van der Waals surface area contributed by atoms with Gasteiger partial charge in [0.15, 0.2) is 0 Å². The van der Waals surface area contributed by atoms with Crippen molar-refractivity contribution < 1.29 is 0 Å². The van der Waals surface area contributed by atoms with Crippen LogP contribution in [0.1, 0.15) is 33.4 Å². The number of fused-ring (bicyclic) bond motifs is 9. The second-order valence-electron chi connectivity index (χ2n) is 20.0. The van der Waals surface area contributed by atoms with Gasteiger partial charge in [-0.2, -0.15) is 10.5 Å². The molecule has 4 nitrogen and oxygen atoms in total. The van der Waals surface area contributed by atoms with Crippen molar-refractivity contribution in [1.29, 1.82) is 10.5 Å². The average Bonchev–Trinajstić information content (AvgIpc) is 3.64. The third kappa shape index (κ3) is 6.51. The number of benzene rings is 9. The number of hydrogen-bond donors (Lipinski definition) is 0. The highest BCUT2D eigenvalue weighted by Crippen LogP contribution is 2.63. The molecule has 6 heteroatoms. The normalized spacial score (nSPS) is 13.0. The minimum Gasteiger partial charge on any atom is -0.311 e. The van der Waals surface area contributed by atoms with Gasteiger partial charge in [0, 0.05) is 33.8 Å². The van der Waals surface area contributed by atoms with Crippen molar-refractivity contribution in [3.8, 4) is 34.4 Å². The smallest absolute Gasteiger partial charge is 0.0991 e. The Hall–Kier alpha value is -7.75. The van der Waals surface area contributed by atoms with E-state index in [1.807, 2.05) is 24.3 Å². The molecule has 0 bridgehead atoms. The fraction of sp³-hybridized carbons (Fsp3) is 0.115. The lowest BCUT2D eigenvalue weighted by molar-refractivity contribution is 0.773. The SMILES string of the molecule is C[Si](C)(C)c1ccccc1N(c1ccc(C#N)cc1)c1ccc2c(c1)C1(c3ccccc3-c3ccccc31)c1cccc3c(N(c4ccc(C#N)cc4)c4ccccc4[Si](C)(C)C)ccc-2c13. The van der Waals surface area contributed by atoms with Crippen LogP contribution in [-0.2, 0) is 5.41 Å². The van der Waals surface area contributed by atoms with E-state index < -0.39 is 21.6 Å². The number of para-hydroxylation sites is 2. The van der Waals surface area contributed by atoms with Crippen LogP contribution in [0.4, 0.5) is 34.1 Å². The van der Waals surface area contributed by atoms with Gasteiger partial charge in [-0.1, -0.05) is 155 Å². The van der Waals surface area contributed by atoms with Gasteiger partial charge in [-0.05, 0) is 139 Å². The Kier molecular flexibility index (Phi) is 9.83. The maximum atomic E-state index is 9.87. The molecular formula is C61H50N4Si2. The molecule has 322 valence electrons. The highest BCUT2D eigenvalue weighted by atomic mass is 28.3. The summed E-state index contributed by atoms with van der Waals surface area (Å²) in [4.78, 5) is 4.85. The minimum atomic E-state index is -1.86. The lowest BCUT2D eigenvalue weighted by Gasteiger charge is -2.41. The number of nitriles is 2. The van der Waals surface area contributed by atoms with Crippen molar-refractivity contribution in [3.63, 3.8) is 0 Å². The van der Waals surface area contributed by atoms with E-state index in [2.05, 4.69) is 231 Å². The maximum Gasteiger partial charge on any atom is 0.0991 e. The van der Waals surface area contributed by atoms with E-state index >= 15 is 0 Å². The van der Waals surface area contributed by atoms with Crippen LogP contribution in [0.2, 0.25) is 39.3 Å². The summed E-state index contributed by atoms with van der Waals surface area (Å²) < 4.78 is 0. The Labute approximate surface area is 396 Å². The summed E-state index contributed by atoms with van der Waals surface area (Å²) in [6, 6.07) is 75.4. The monoisotopic (exact) mass is 894 g/mol. The molecule has 1 spiro atoms. The molecule has 9 aromatic rings. The summed E-state index contributed by atoms with van der Waals surface area (Å²) >= 11 is 0. The van der Waals surface area contributed by atoms with Crippen molar-refractivity contribution in [2.75, 3.05) is 9.80 Å². The largest absolute Gasteiger partial charge is 0.311 e. The first-order chi connectivity index (χ1) is 32.4. The highest BCUT2D eigenvalue weighted by Gasteiger charge is 2.50. The van der Waals surface area contributed by atoms with Crippen LogP contribution < -0.4 is 20.2 Å². The van der Waals surface area contributed by atoms with Gasteiger partial charge >= 0.3 is 0 Å². The van der Waals surface area contributed by atoms with Gasteiger partial charge in [0.2, 0.25) is 0 Å². The Morgan fingerprint density at radius 3 is 1.37 bits per heavy atom. The molecule has 0 unspecified atom stereocenters. The zero-order chi connectivity index (χ0) is 46.2. The number of rotatable bonds is 8. The Morgan fingerprint density at radius 2 is 0.821 bits per heavy atom. The molecule has 0 aliphatic heterocycles. The highest BCUT2D eigenvalue weighted by molar-refractivity contribution is 6.90. The number of anilines is 6. The topological polar surface area (TPSA) is 54.1 Å². The molecule has 0 aromatic heterocycles. The Balaban J connectivity index is 1.24. The second-order valence-corrected chi connectivity index (χ2v) is 30.0. The van der Waals surface area contributed by atoms with Gasteiger partial charge in [-0.15, -0.1) is 0 Å². The van der Waals surface area contributed by atoms with Crippen molar-refractivity contribution in [2.45, 2.75) is 44.7 Å². The molecule has 0 radical (unpaired) electrons. The van der Waals surface area contributed by atoms with Crippen LogP contribution in [0, 0.1) is 22.7 Å². The van der Waals surface area contributed by atoms with Crippen molar-refractivity contribution >= 4 is 71.4 Å². The zero-order valence-corrected chi connectivity index (χ0v) is 40.8. The predicted octanol–water partition coefficient (Wildman–Crippen LogP) is 15.0. The molecule has 9 aromatic carbocycles. The van der Waals surface area contributed by atoms with E-state index in [9.17, 15) is 10.5 Å². The van der Waals surface area contributed by atoms with Crippen molar-refractivity contribution in [3.05, 3.63) is 228 Å². The summed E-state index contributed by atoms with van der Waals surface area (Å²) in [5, 5.41) is 24.9. The molecule has 0 fully saturated rings. The fourth-order valence-corrected chi connectivity index (χ4v) is 14.2. The first kappa shape index (κ1) is 41.9. The standard InChI is InChI=1S/C61H50N4Si2/c1-66(2,3)58-24-13-11-22-56(58)64(43-30-26-41(39-62)27-31-43)45-34-35-48-49-36-37-55(65(44-32-28-42(40-63)29-33-44)57-23-12-14-25-59(57)67(4,5)6)50-18-15-21-53(60(49)50)61(54(48)38-45)51-19-9-7-16-46(51)47-17-8-10-20-52(47)61/h7-38H,1-6H3. The molecule has 0 heterocycles. The van der Waals surface area contributed by atoms with Gasteiger partial charge in [0.05, 0.1) is 50.5 Å². The van der Waals surface area contributed by atoms with Gasteiger partial charge in [0.1, 0.15) is 0 Å². The third-order valence-corrected chi connectivity index (χ3v) is 18.1. The molecular weight excluding hydrogens is 845 g/mol. The molecule has 0 saturated heterocycles. The minimum absolute atomic E-state index is 0.636. The van der Waals surface area contributed by atoms with Crippen LogP contribution in [0.15, 0.2) is 194 Å². The van der Waals surface area contributed by atoms with Crippen LogP contribution in [0.25, 0.3) is 33.0 Å². The summed E-state index contributed by atoms with van der Waals surface area (Å²) in [5.74, 6) is 0. The molecule has 0 saturated carbocycles. The molecule has 0 amide bonds. The van der Waals surface area contributed by atoms with Gasteiger partial charge in [0.25, 0.3) is 0 Å². The molecule has 0 atom stereocenters. The van der Waals surface area contributed by atoms with Gasteiger partial charge in [-0.25, -0.2) is 0 Å². The van der Waals surface area contributed by atoms with E-state index in [-0.39, 0.29) is 0 Å². The van der Waals surface area contributed by atoms with E-state index in [1.54, 1.807) is 0 Å². The van der Waals surface area contributed by atoms with Crippen molar-refractivity contribution in [1.82, 2.24) is 0 Å². The second kappa shape index (κ2) is 15.7. The van der Waals surface area contributed by atoms with Crippen molar-refractivity contribution in [2.24, 2.45) is 0 Å². The Morgan fingerprint density at radius 1 is 0.373 bits per heavy atom. The lowest BCUT2D eigenvalue weighted by atomic mass is 9.61. The van der Waals surface area contributed by atoms with Crippen LogP contribution >= 0.6 is 0 Å². The summed E-state index contributed by atoms with van der Waals surface area (Å²) in [5.41, 5.74) is 17.1. The predicted molar refractivity (Wildman–Crippen MR) is 285 cm³/mol. The molecule has 2 aliphatic rings. The summed E-state index contributed by atoms with van der Waals surface area (Å²) in [7, 11) is -3.71. The molecule has 2 aliphatic carbocycles. The summed E-state index contributed by atoms with van der Waals surface area (Å²) in [6.07, 6.45) is 0. The Bertz CT molecular complexity index is 3480. The molecule has 0 N–H and O–H groups in total. The van der Waals surface area contributed by atoms with E-state index in [1.165, 1.54) is 71.3 Å². The van der Waals surface area contributed by atoms with Gasteiger partial charge in [-0.3, -0.25) is 0 Å². The lowest BCUT2D eigenvalue weighted by Crippen LogP contribution is -2.40. The average molecular weight is 895 g/mol. The number of nitrogens with zero attached hydrogens (tertiary/aromatic N) is 4. The van der Waals surface area contributed by atoms with Gasteiger partial charge < -0.3 is 9.80 Å². The quantitative estimate of drug-likeness (QED) is 0.143. The van der Waals surface area contributed by atoms with Crippen LogP contribution in [0.3, 0.4) is 0 Å². The fourth-order valence-electron chi connectivity index (χ4n) is 11.1. The molecule has 67 heavy (non-hydrogen) atoms. The molecule has 11 rings (SSSR count). The first-order valence-electron chi connectivity index (χ1n) is 23.1. The van der Waals surface area contributed by atoms with E-state index in [0.717, 1.165) is 28.4 Å². The number of hydrogen-bond acceptors (Lipinski definition) is 4. The van der Waals surface area contributed by atoms with Crippen LogP contribution in [-0.4, -0.2) is 16.1 Å². The maximum absolute atomic E-state index is 9.87. The summed E-state index contributed by atoms with van der Waals surface area (Å²) in [6.45, 7) is 14.5. The van der Waals surface area contributed by atoms with E-state index in [4.69, 9.17) is 0 Å². The van der Waals surface area contributed by atoms with E-state index in [0.29, 0.717) is 11.1 Å². The van der Waals surface area contributed by atoms with Crippen LogP contribution in [0.5, 0.6) is 0 Å². The third-order valence-electron chi connectivity index (χ3n) is 14.0.